The Labute approximate surface area is 176 Å². The van der Waals surface area contributed by atoms with Gasteiger partial charge < -0.3 is 19.4 Å². The molecule has 7 nitrogen and oxygen atoms in total. The lowest BCUT2D eigenvalue weighted by molar-refractivity contribution is -0.132. The summed E-state index contributed by atoms with van der Waals surface area (Å²) in [5.41, 5.74) is 0.438. The first kappa shape index (κ1) is 19.7. The number of likely N-dealkylation sites (N-methyl/N-ethyl adjacent to an activating group) is 1. The number of hydrogen-bond acceptors (Lipinski definition) is 6. The predicted octanol–water partition coefficient (Wildman–Crippen LogP) is 3.81. The van der Waals surface area contributed by atoms with Crippen LogP contribution in [-0.2, 0) is 11.3 Å². The van der Waals surface area contributed by atoms with Crippen molar-refractivity contribution >= 4 is 27.5 Å². The van der Waals surface area contributed by atoms with E-state index in [4.69, 9.17) is 9.47 Å². The summed E-state index contributed by atoms with van der Waals surface area (Å²) in [6.45, 7) is 0.0629. The van der Waals surface area contributed by atoms with Crippen molar-refractivity contribution in [1.29, 1.82) is 0 Å². The molecule has 0 bridgehead atoms. The predicted molar refractivity (Wildman–Crippen MR) is 115 cm³/mol. The second-order valence-corrected chi connectivity index (χ2v) is 7.49. The van der Waals surface area contributed by atoms with Crippen LogP contribution in [0.5, 0.6) is 17.2 Å². The normalized spacial score (nSPS) is 10.7. The van der Waals surface area contributed by atoms with Crippen molar-refractivity contribution in [2.75, 3.05) is 13.7 Å². The molecule has 0 fully saturated rings. The molecule has 0 spiro atoms. The molecule has 8 heteroatoms. The van der Waals surface area contributed by atoms with Crippen LogP contribution < -0.4 is 15.0 Å². The minimum Gasteiger partial charge on any atom is -0.484 e. The molecule has 152 valence electrons. The third-order valence-corrected chi connectivity index (χ3v) is 5.24. The highest BCUT2D eigenvalue weighted by Gasteiger charge is 2.13. The van der Waals surface area contributed by atoms with Crippen LogP contribution in [0.4, 0.5) is 0 Å². The van der Waals surface area contributed by atoms with Crippen LogP contribution >= 0.6 is 11.3 Å². The average Bonchev–Trinajstić information content (AvgIpc) is 3.23. The topological polar surface area (TPSA) is 84.5 Å². The van der Waals surface area contributed by atoms with Gasteiger partial charge in [-0.15, -0.1) is 11.3 Å². The van der Waals surface area contributed by atoms with Gasteiger partial charge in [0.1, 0.15) is 27.8 Å². The number of carbonyl (C=O) groups excluding carboxylic acids is 1. The summed E-state index contributed by atoms with van der Waals surface area (Å²) < 4.78 is 11.9. The summed E-state index contributed by atoms with van der Waals surface area (Å²) in [6, 6.07) is 18.3. The molecule has 0 aliphatic carbocycles. The minimum atomic E-state index is -0.229. The first-order valence-electron chi connectivity index (χ1n) is 9.24. The molecule has 2 heterocycles. The number of H-pyrrole nitrogens is 1. The smallest absolute Gasteiger partial charge is 0.268 e. The molecule has 2 aromatic heterocycles. The Morgan fingerprint density at radius 3 is 2.50 bits per heavy atom. The third kappa shape index (κ3) is 4.66. The molecule has 0 saturated carbocycles. The van der Waals surface area contributed by atoms with Gasteiger partial charge in [0, 0.05) is 7.05 Å². The van der Waals surface area contributed by atoms with E-state index in [9.17, 15) is 9.59 Å². The molecule has 0 aliphatic heterocycles. The number of aromatic nitrogens is 2. The van der Waals surface area contributed by atoms with Crippen LogP contribution in [0, 0.1) is 0 Å². The number of para-hydroxylation sites is 1. The number of thiophene rings is 1. The standard InChI is InChI=1S/C22H19N3O4S/c1-25(13-19-23-18-11-12-30-21(18)22(27)24-19)20(26)14-28-15-7-9-17(10-8-15)29-16-5-3-2-4-6-16/h2-12H,13-14H2,1H3,(H,23,24,27). The Kier molecular flexibility index (Phi) is 5.76. The van der Waals surface area contributed by atoms with E-state index in [1.807, 2.05) is 35.7 Å². The number of amides is 1. The van der Waals surface area contributed by atoms with E-state index in [0.717, 1.165) is 5.75 Å². The molecule has 4 aromatic rings. The van der Waals surface area contributed by atoms with Crippen molar-refractivity contribution in [3.05, 3.63) is 82.2 Å². The Hall–Kier alpha value is -3.65. The second kappa shape index (κ2) is 8.79. The average molecular weight is 421 g/mol. The molecule has 1 N–H and O–H groups in total. The van der Waals surface area contributed by atoms with Crippen LogP contribution in [0.2, 0.25) is 0 Å². The van der Waals surface area contributed by atoms with Crippen molar-refractivity contribution in [3.8, 4) is 17.2 Å². The fourth-order valence-electron chi connectivity index (χ4n) is 2.79. The van der Waals surface area contributed by atoms with Gasteiger partial charge in [-0.3, -0.25) is 9.59 Å². The number of aromatic amines is 1. The Bertz CT molecular complexity index is 1200. The van der Waals surface area contributed by atoms with E-state index in [1.54, 1.807) is 37.4 Å². The highest BCUT2D eigenvalue weighted by Crippen LogP contribution is 2.23. The maximum absolute atomic E-state index is 12.4. The van der Waals surface area contributed by atoms with Crippen molar-refractivity contribution in [2.24, 2.45) is 0 Å². The van der Waals surface area contributed by atoms with Crippen molar-refractivity contribution in [1.82, 2.24) is 14.9 Å². The van der Waals surface area contributed by atoms with Gasteiger partial charge in [0.2, 0.25) is 0 Å². The first-order chi connectivity index (χ1) is 14.6. The molecule has 0 unspecified atom stereocenters. The lowest BCUT2D eigenvalue weighted by Gasteiger charge is -2.17. The molecule has 2 aromatic carbocycles. The number of ether oxygens (including phenoxy) is 2. The number of fused-ring (bicyclic) bond motifs is 1. The maximum Gasteiger partial charge on any atom is 0.268 e. The van der Waals surface area contributed by atoms with Gasteiger partial charge in [-0.05, 0) is 47.8 Å². The van der Waals surface area contributed by atoms with Gasteiger partial charge in [-0.25, -0.2) is 4.98 Å². The monoisotopic (exact) mass is 421 g/mol. The highest BCUT2D eigenvalue weighted by molar-refractivity contribution is 7.17. The fourth-order valence-corrected chi connectivity index (χ4v) is 3.52. The third-order valence-electron chi connectivity index (χ3n) is 4.34. The van der Waals surface area contributed by atoms with E-state index in [1.165, 1.54) is 16.2 Å². The van der Waals surface area contributed by atoms with Crippen molar-refractivity contribution in [2.45, 2.75) is 6.54 Å². The molecular weight excluding hydrogens is 402 g/mol. The quantitative estimate of drug-likeness (QED) is 0.490. The first-order valence-corrected chi connectivity index (χ1v) is 10.1. The Morgan fingerprint density at radius 1 is 1.03 bits per heavy atom. The van der Waals surface area contributed by atoms with Crippen LogP contribution in [-0.4, -0.2) is 34.4 Å². The van der Waals surface area contributed by atoms with Crippen LogP contribution in [0.1, 0.15) is 5.82 Å². The zero-order valence-electron chi connectivity index (χ0n) is 16.2. The number of benzene rings is 2. The molecule has 1 amide bonds. The highest BCUT2D eigenvalue weighted by atomic mass is 32.1. The number of carbonyl (C=O) groups is 1. The molecule has 0 atom stereocenters. The lowest BCUT2D eigenvalue weighted by atomic mass is 10.3. The number of hydrogen-bond donors (Lipinski definition) is 1. The van der Waals surface area contributed by atoms with E-state index in [-0.39, 0.29) is 24.6 Å². The van der Waals surface area contributed by atoms with E-state index in [0.29, 0.717) is 27.5 Å². The van der Waals surface area contributed by atoms with E-state index >= 15 is 0 Å². The molecule has 0 saturated heterocycles. The summed E-state index contributed by atoms with van der Waals surface area (Å²) in [7, 11) is 1.64. The van der Waals surface area contributed by atoms with Crippen LogP contribution in [0.3, 0.4) is 0 Å². The number of rotatable bonds is 7. The second-order valence-electron chi connectivity index (χ2n) is 6.57. The molecule has 0 aliphatic rings. The SMILES string of the molecule is CN(Cc1nc2ccsc2c(=O)[nH]1)C(=O)COc1ccc(Oc2ccccc2)cc1. The Balaban J connectivity index is 1.31. The fraction of sp³-hybridized carbons (Fsp3) is 0.136. The summed E-state index contributed by atoms with van der Waals surface area (Å²) in [5, 5.41) is 1.82. The van der Waals surface area contributed by atoms with Gasteiger partial charge >= 0.3 is 0 Å². The van der Waals surface area contributed by atoms with E-state index < -0.39 is 0 Å². The van der Waals surface area contributed by atoms with Gasteiger partial charge in [0.25, 0.3) is 11.5 Å². The van der Waals surface area contributed by atoms with Crippen molar-refractivity contribution < 1.29 is 14.3 Å². The van der Waals surface area contributed by atoms with Crippen LogP contribution in [0.15, 0.2) is 70.8 Å². The summed E-state index contributed by atoms with van der Waals surface area (Å²) in [5.74, 6) is 2.19. The molecular formula is C22H19N3O4S. The zero-order chi connectivity index (χ0) is 20.9. The maximum atomic E-state index is 12.4. The molecule has 4 rings (SSSR count). The number of nitrogens with zero attached hydrogens (tertiary/aromatic N) is 2. The zero-order valence-corrected chi connectivity index (χ0v) is 17.0. The summed E-state index contributed by atoms with van der Waals surface area (Å²) in [6.07, 6.45) is 0. The molecule has 0 radical (unpaired) electrons. The number of nitrogens with one attached hydrogen (secondary N) is 1. The van der Waals surface area contributed by atoms with Gasteiger partial charge in [-0.1, -0.05) is 18.2 Å². The van der Waals surface area contributed by atoms with Gasteiger partial charge in [0.15, 0.2) is 6.61 Å². The minimum absolute atomic E-state index is 0.125. The summed E-state index contributed by atoms with van der Waals surface area (Å²) in [4.78, 5) is 33.0. The Morgan fingerprint density at radius 2 is 1.73 bits per heavy atom. The molecule has 30 heavy (non-hydrogen) atoms. The van der Waals surface area contributed by atoms with Gasteiger partial charge in [-0.2, -0.15) is 0 Å². The van der Waals surface area contributed by atoms with Crippen molar-refractivity contribution in [3.63, 3.8) is 0 Å². The van der Waals surface area contributed by atoms with Crippen LogP contribution in [0.25, 0.3) is 10.2 Å². The summed E-state index contributed by atoms with van der Waals surface area (Å²) >= 11 is 1.34. The van der Waals surface area contributed by atoms with E-state index in [2.05, 4.69) is 9.97 Å². The van der Waals surface area contributed by atoms with Gasteiger partial charge in [0.05, 0.1) is 12.1 Å². The largest absolute Gasteiger partial charge is 0.484 e. The lowest BCUT2D eigenvalue weighted by Crippen LogP contribution is -2.32.